The van der Waals surface area contributed by atoms with Gasteiger partial charge in [-0.2, -0.15) is 0 Å². The highest BCUT2D eigenvalue weighted by molar-refractivity contribution is 6.30. The SMILES string of the molecule is C[C@]12CCC3C(CC[C@H]4OC(=O)CC[C@]34C)C1CC[C@@H]2C(=O)Nc1ccc(Cl)cc1. The first kappa shape index (κ1) is 20.4. The number of anilines is 1. The molecule has 4 fully saturated rings. The summed E-state index contributed by atoms with van der Waals surface area (Å²) in [5, 5.41) is 3.82. The minimum atomic E-state index is -0.0172. The van der Waals surface area contributed by atoms with Gasteiger partial charge in [0.15, 0.2) is 0 Å². The highest BCUT2D eigenvalue weighted by Crippen LogP contribution is 2.66. The Kier molecular flexibility index (Phi) is 4.92. The van der Waals surface area contributed by atoms with Gasteiger partial charge in [0.25, 0.3) is 0 Å². The second kappa shape index (κ2) is 7.25. The standard InChI is InChI=1S/C25H32ClNO3/c1-24-13-11-19-17(7-10-21-25(19,2)14-12-22(28)30-21)18(24)8-9-20(24)23(29)27-16-5-3-15(26)4-6-16/h3-6,17-21H,7-14H2,1-2H3,(H,27,29)/t17?,18?,19?,20-,21-,24+,25-/m1/s1. The van der Waals surface area contributed by atoms with Crippen LogP contribution in [-0.2, 0) is 14.3 Å². The first-order chi connectivity index (χ1) is 14.3. The van der Waals surface area contributed by atoms with Crippen molar-refractivity contribution in [1.82, 2.24) is 0 Å². The van der Waals surface area contributed by atoms with Crippen LogP contribution in [0.2, 0.25) is 5.02 Å². The third-order valence-corrected chi connectivity index (χ3v) is 9.60. The lowest BCUT2D eigenvalue weighted by molar-refractivity contribution is -0.192. The van der Waals surface area contributed by atoms with Crippen LogP contribution in [0.1, 0.15) is 65.2 Å². The maximum atomic E-state index is 13.2. The molecule has 30 heavy (non-hydrogen) atoms. The van der Waals surface area contributed by atoms with Gasteiger partial charge in [-0.05, 0) is 92.4 Å². The molecule has 1 aromatic carbocycles. The Bertz CT molecular complexity index is 854. The smallest absolute Gasteiger partial charge is 0.306 e. The Morgan fingerprint density at radius 1 is 1.00 bits per heavy atom. The van der Waals surface area contributed by atoms with Crippen LogP contribution in [0.25, 0.3) is 0 Å². The van der Waals surface area contributed by atoms with Gasteiger partial charge >= 0.3 is 5.97 Å². The Labute approximate surface area is 184 Å². The van der Waals surface area contributed by atoms with E-state index in [1.807, 2.05) is 24.3 Å². The summed E-state index contributed by atoms with van der Waals surface area (Å²) in [7, 11) is 0. The molecule has 7 atom stereocenters. The van der Waals surface area contributed by atoms with Crippen molar-refractivity contribution in [2.24, 2.45) is 34.5 Å². The van der Waals surface area contributed by atoms with Gasteiger partial charge in [-0.1, -0.05) is 25.4 Å². The third-order valence-electron chi connectivity index (χ3n) is 9.35. The molecule has 3 aliphatic carbocycles. The van der Waals surface area contributed by atoms with Gasteiger partial charge in [0.1, 0.15) is 6.10 Å². The average Bonchev–Trinajstić information content (AvgIpc) is 3.07. The number of carbonyl (C=O) groups is 2. The quantitative estimate of drug-likeness (QED) is 0.600. The van der Waals surface area contributed by atoms with Crippen molar-refractivity contribution in [2.75, 3.05) is 5.32 Å². The fraction of sp³-hybridized carbons (Fsp3) is 0.680. The molecule has 4 aliphatic rings. The lowest BCUT2D eigenvalue weighted by atomic mass is 9.47. The van der Waals surface area contributed by atoms with Crippen LogP contribution >= 0.6 is 11.6 Å². The van der Waals surface area contributed by atoms with Crippen LogP contribution in [0.4, 0.5) is 5.69 Å². The van der Waals surface area contributed by atoms with Crippen molar-refractivity contribution in [3.05, 3.63) is 29.3 Å². The minimum Gasteiger partial charge on any atom is -0.462 e. The molecule has 5 heteroatoms. The van der Waals surface area contributed by atoms with Gasteiger partial charge < -0.3 is 10.1 Å². The van der Waals surface area contributed by atoms with E-state index in [-0.39, 0.29) is 34.7 Å². The van der Waals surface area contributed by atoms with Crippen LogP contribution in [0.3, 0.4) is 0 Å². The van der Waals surface area contributed by atoms with E-state index in [0.29, 0.717) is 29.2 Å². The Morgan fingerprint density at radius 2 is 1.73 bits per heavy atom. The molecular weight excluding hydrogens is 398 g/mol. The van der Waals surface area contributed by atoms with Crippen molar-refractivity contribution >= 4 is 29.2 Å². The molecule has 0 radical (unpaired) electrons. The molecule has 0 spiro atoms. The minimum absolute atomic E-state index is 0.0172. The van der Waals surface area contributed by atoms with Crippen LogP contribution < -0.4 is 5.32 Å². The van der Waals surface area contributed by atoms with E-state index >= 15 is 0 Å². The van der Waals surface area contributed by atoms with Gasteiger partial charge in [-0.3, -0.25) is 9.59 Å². The number of esters is 1. The van der Waals surface area contributed by atoms with E-state index in [2.05, 4.69) is 19.2 Å². The van der Waals surface area contributed by atoms with Crippen molar-refractivity contribution in [2.45, 2.75) is 71.3 Å². The number of carbonyl (C=O) groups excluding carboxylic acids is 2. The Morgan fingerprint density at radius 3 is 2.50 bits per heavy atom. The number of amides is 1. The highest BCUT2D eigenvalue weighted by atomic mass is 35.5. The molecule has 3 unspecified atom stereocenters. The molecule has 4 nitrogen and oxygen atoms in total. The summed E-state index contributed by atoms with van der Waals surface area (Å²) in [5.41, 5.74) is 0.996. The van der Waals surface area contributed by atoms with E-state index in [1.54, 1.807) is 0 Å². The van der Waals surface area contributed by atoms with Crippen molar-refractivity contribution in [1.29, 1.82) is 0 Å². The highest BCUT2D eigenvalue weighted by Gasteiger charge is 2.62. The number of nitrogens with one attached hydrogen (secondary N) is 1. The number of benzene rings is 1. The number of hydrogen-bond acceptors (Lipinski definition) is 3. The lowest BCUT2D eigenvalue weighted by Gasteiger charge is -2.59. The summed E-state index contributed by atoms with van der Waals surface area (Å²) >= 11 is 5.98. The predicted octanol–water partition coefficient (Wildman–Crippen LogP) is 5.84. The first-order valence-corrected chi connectivity index (χ1v) is 11.9. The molecule has 0 bridgehead atoms. The Hall–Kier alpha value is -1.55. The van der Waals surface area contributed by atoms with E-state index in [1.165, 1.54) is 0 Å². The van der Waals surface area contributed by atoms with Gasteiger partial charge in [-0.25, -0.2) is 0 Å². The zero-order valence-corrected chi connectivity index (χ0v) is 18.7. The van der Waals surface area contributed by atoms with Crippen LogP contribution in [0.15, 0.2) is 24.3 Å². The van der Waals surface area contributed by atoms with E-state index < -0.39 is 0 Å². The number of halogens is 1. The molecule has 1 N–H and O–H groups in total. The summed E-state index contributed by atoms with van der Waals surface area (Å²) in [6.07, 6.45) is 8.07. The van der Waals surface area contributed by atoms with Crippen molar-refractivity contribution in [3.8, 4) is 0 Å². The molecule has 1 amide bonds. The number of ether oxygens (including phenoxy) is 1. The van der Waals surface area contributed by atoms with E-state index in [0.717, 1.165) is 50.6 Å². The van der Waals surface area contributed by atoms with Gasteiger partial charge in [-0.15, -0.1) is 0 Å². The molecule has 1 aromatic rings. The second-order valence-electron chi connectivity index (χ2n) is 10.6. The fourth-order valence-corrected chi connectivity index (χ4v) is 7.87. The average molecular weight is 430 g/mol. The maximum Gasteiger partial charge on any atom is 0.306 e. The number of rotatable bonds is 2. The molecule has 1 aliphatic heterocycles. The number of hydrogen-bond donors (Lipinski definition) is 1. The largest absolute Gasteiger partial charge is 0.462 e. The monoisotopic (exact) mass is 429 g/mol. The molecule has 1 heterocycles. The molecule has 1 saturated heterocycles. The van der Waals surface area contributed by atoms with Gasteiger partial charge in [0, 0.05) is 28.5 Å². The summed E-state index contributed by atoms with van der Waals surface area (Å²) in [6.45, 7) is 4.73. The van der Waals surface area contributed by atoms with Gasteiger partial charge in [0.2, 0.25) is 5.91 Å². The summed E-state index contributed by atoms with van der Waals surface area (Å²) in [6, 6.07) is 7.38. The molecular formula is C25H32ClNO3. The Balaban J connectivity index is 1.34. The van der Waals surface area contributed by atoms with Crippen molar-refractivity contribution in [3.63, 3.8) is 0 Å². The predicted molar refractivity (Wildman–Crippen MR) is 117 cm³/mol. The molecule has 5 rings (SSSR count). The lowest BCUT2D eigenvalue weighted by Crippen LogP contribution is -2.56. The first-order valence-electron chi connectivity index (χ1n) is 11.6. The van der Waals surface area contributed by atoms with E-state index in [4.69, 9.17) is 16.3 Å². The maximum absolute atomic E-state index is 13.2. The summed E-state index contributed by atoms with van der Waals surface area (Å²) in [4.78, 5) is 25.1. The number of fused-ring (bicyclic) bond motifs is 5. The summed E-state index contributed by atoms with van der Waals surface area (Å²) < 4.78 is 5.80. The van der Waals surface area contributed by atoms with E-state index in [9.17, 15) is 9.59 Å². The van der Waals surface area contributed by atoms with Gasteiger partial charge in [0.05, 0.1) is 0 Å². The van der Waals surface area contributed by atoms with Crippen LogP contribution in [0, 0.1) is 34.5 Å². The van der Waals surface area contributed by atoms with Crippen LogP contribution in [-0.4, -0.2) is 18.0 Å². The topological polar surface area (TPSA) is 55.4 Å². The third kappa shape index (κ3) is 3.09. The molecule has 3 saturated carbocycles. The van der Waals surface area contributed by atoms with Crippen LogP contribution in [0.5, 0.6) is 0 Å². The zero-order valence-electron chi connectivity index (χ0n) is 18.0. The molecule has 0 aromatic heterocycles. The van der Waals surface area contributed by atoms with Crippen molar-refractivity contribution < 1.29 is 14.3 Å². The fourth-order valence-electron chi connectivity index (χ4n) is 7.74. The summed E-state index contributed by atoms with van der Waals surface area (Å²) in [5.74, 6) is 2.06. The molecule has 162 valence electrons. The zero-order chi connectivity index (χ0) is 21.1. The normalized spacial score (nSPS) is 42.5. The second-order valence-corrected chi connectivity index (χ2v) is 11.0.